The maximum absolute atomic E-state index is 5.29. The summed E-state index contributed by atoms with van der Waals surface area (Å²) in [6.07, 6.45) is 3.54. The number of hydrogen-bond donors (Lipinski definition) is 1. The third-order valence-electron chi connectivity index (χ3n) is 3.84. The van der Waals surface area contributed by atoms with Crippen LogP contribution in [0.1, 0.15) is 39.5 Å². The summed E-state index contributed by atoms with van der Waals surface area (Å²) in [5.41, 5.74) is 3.79. The summed E-state index contributed by atoms with van der Waals surface area (Å²) < 4.78 is 5.29. The number of rotatable bonds is 7. The van der Waals surface area contributed by atoms with Gasteiger partial charge in [-0.2, -0.15) is 0 Å². The number of benzene rings is 1. The van der Waals surface area contributed by atoms with E-state index in [1.165, 1.54) is 33.9 Å². The molecule has 0 aliphatic heterocycles. The van der Waals surface area contributed by atoms with Crippen molar-refractivity contribution in [3.8, 4) is 0 Å². The van der Waals surface area contributed by atoms with E-state index < -0.39 is 0 Å². The molecule has 1 saturated carbocycles. The third kappa shape index (κ3) is 3.90. The highest BCUT2D eigenvalue weighted by Crippen LogP contribution is 2.25. The van der Waals surface area contributed by atoms with E-state index in [1.807, 2.05) is 11.3 Å². The number of aryl methyl sites for hydroxylation is 1. The van der Waals surface area contributed by atoms with Crippen LogP contribution in [0.25, 0.3) is 0 Å². The van der Waals surface area contributed by atoms with Crippen LogP contribution in [0.4, 0.5) is 0 Å². The Bertz CT molecular complexity index is 605. The molecule has 0 radical (unpaired) electrons. The Morgan fingerprint density at radius 3 is 2.86 bits per heavy atom. The molecule has 1 aromatic carbocycles. The van der Waals surface area contributed by atoms with Gasteiger partial charge >= 0.3 is 0 Å². The van der Waals surface area contributed by atoms with Gasteiger partial charge in [0, 0.05) is 31.0 Å². The van der Waals surface area contributed by atoms with E-state index in [9.17, 15) is 0 Å². The van der Waals surface area contributed by atoms with Gasteiger partial charge in [-0.05, 0) is 30.9 Å². The lowest BCUT2D eigenvalue weighted by atomic mass is 10.1. The minimum atomic E-state index is 0.603. The van der Waals surface area contributed by atoms with E-state index >= 15 is 0 Å². The van der Waals surface area contributed by atoms with Gasteiger partial charge in [-0.15, -0.1) is 11.3 Å². The van der Waals surface area contributed by atoms with E-state index in [1.54, 1.807) is 7.11 Å². The fourth-order valence-corrected chi connectivity index (χ4v) is 3.44. The summed E-state index contributed by atoms with van der Waals surface area (Å²) in [6.45, 7) is 3.69. The van der Waals surface area contributed by atoms with Crippen molar-refractivity contribution in [1.82, 2.24) is 10.3 Å². The van der Waals surface area contributed by atoms with E-state index in [2.05, 4.69) is 36.5 Å². The molecule has 3 rings (SSSR count). The number of ether oxygens (including phenoxy) is 1. The molecule has 0 spiro atoms. The highest BCUT2D eigenvalue weighted by Gasteiger charge is 2.21. The maximum atomic E-state index is 5.29. The van der Waals surface area contributed by atoms with Crippen LogP contribution in [0.2, 0.25) is 0 Å². The van der Waals surface area contributed by atoms with Crippen molar-refractivity contribution in [2.75, 3.05) is 7.11 Å². The minimum absolute atomic E-state index is 0.603. The monoisotopic (exact) mass is 302 g/mol. The summed E-state index contributed by atoms with van der Waals surface area (Å²) in [6, 6.07) is 9.26. The van der Waals surface area contributed by atoms with Gasteiger partial charge in [0.15, 0.2) is 0 Å². The van der Waals surface area contributed by atoms with Gasteiger partial charge in [0.2, 0.25) is 0 Å². The molecule has 0 amide bonds. The van der Waals surface area contributed by atoms with Crippen LogP contribution in [-0.2, 0) is 24.3 Å². The number of nitrogens with one attached hydrogen (secondary N) is 1. The van der Waals surface area contributed by atoms with Crippen molar-refractivity contribution >= 4 is 11.3 Å². The van der Waals surface area contributed by atoms with Crippen LogP contribution in [-0.4, -0.2) is 18.1 Å². The largest absolute Gasteiger partial charge is 0.378 e. The first kappa shape index (κ1) is 14.7. The zero-order valence-electron chi connectivity index (χ0n) is 12.7. The molecular formula is C17H22N2OS. The molecule has 0 atom stereocenters. The van der Waals surface area contributed by atoms with E-state index in [0.29, 0.717) is 6.61 Å². The van der Waals surface area contributed by atoms with Crippen LogP contribution < -0.4 is 5.32 Å². The molecule has 1 N–H and O–H groups in total. The molecular weight excluding hydrogens is 280 g/mol. The predicted octanol–water partition coefficient (Wildman–Crippen LogP) is 3.44. The molecule has 0 unspecified atom stereocenters. The van der Waals surface area contributed by atoms with Gasteiger partial charge in [0.05, 0.1) is 17.3 Å². The summed E-state index contributed by atoms with van der Waals surface area (Å²) in [5, 5.41) is 4.76. The number of thiazole rings is 1. The van der Waals surface area contributed by atoms with Crippen molar-refractivity contribution in [2.45, 2.75) is 45.4 Å². The van der Waals surface area contributed by atoms with Crippen molar-refractivity contribution in [3.05, 3.63) is 51.0 Å². The normalized spacial score (nSPS) is 14.6. The average molecular weight is 302 g/mol. The fraction of sp³-hybridized carbons (Fsp3) is 0.471. The molecule has 3 nitrogen and oxygen atoms in total. The molecule has 0 bridgehead atoms. The van der Waals surface area contributed by atoms with E-state index in [4.69, 9.17) is 9.72 Å². The topological polar surface area (TPSA) is 34.1 Å². The first-order valence-electron chi connectivity index (χ1n) is 7.50. The van der Waals surface area contributed by atoms with E-state index in [-0.39, 0.29) is 0 Å². The molecule has 1 aliphatic rings. The Morgan fingerprint density at radius 2 is 2.14 bits per heavy atom. The highest BCUT2D eigenvalue weighted by molar-refractivity contribution is 7.11. The Morgan fingerprint density at radius 1 is 1.33 bits per heavy atom. The zero-order valence-corrected chi connectivity index (χ0v) is 13.5. The Balaban J connectivity index is 1.74. The Labute approximate surface area is 130 Å². The van der Waals surface area contributed by atoms with Crippen LogP contribution in [0.5, 0.6) is 0 Å². The number of hydrogen-bond acceptors (Lipinski definition) is 4. The van der Waals surface area contributed by atoms with Gasteiger partial charge in [-0.1, -0.05) is 24.3 Å². The zero-order chi connectivity index (χ0) is 14.7. The van der Waals surface area contributed by atoms with Gasteiger partial charge in [-0.3, -0.25) is 0 Å². The summed E-state index contributed by atoms with van der Waals surface area (Å²) >= 11 is 1.82. The average Bonchev–Trinajstić information content (AvgIpc) is 3.23. The van der Waals surface area contributed by atoms with Gasteiger partial charge in [0.1, 0.15) is 0 Å². The maximum Gasteiger partial charge on any atom is 0.0976 e. The predicted molar refractivity (Wildman–Crippen MR) is 86.7 cm³/mol. The Hall–Kier alpha value is -1.23. The van der Waals surface area contributed by atoms with Crippen LogP contribution in [0.3, 0.4) is 0 Å². The number of aromatic nitrogens is 1. The lowest BCUT2D eigenvalue weighted by Crippen LogP contribution is -2.15. The molecule has 21 heavy (non-hydrogen) atoms. The first-order valence-corrected chi connectivity index (χ1v) is 8.32. The fourth-order valence-electron chi connectivity index (χ4n) is 2.40. The second kappa shape index (κ2) is 6.69. The molecule has 1 aromatic heterocycles. The molecule has 1 fully saturated rings. The highest BCUT2D eigenvalue weighted by atomic mass is 32.1. The van der Waals surface area contributed by atoms with Gasteiger partial charge < -0.3 is 10.1 Å². The number of nitrogens with zero attached hydrogens (tertiary/aromatic N) is 1. The summed E-state index contributed by atoms with van der Waals surface area (Å²) in [7, 11) is 1.73. The second-order valence-electron chi connectivity index (χ2n) is 5.67. The van der Waals surface area contributed by atoms with Crippen molar-refractivity contribution in [2.24, 2.45) is 0 Å². The number of methoxy groups -OCH3 is 1. The van der Waals surface area contributed by atoms with Gasteiger partial charge in [0.25, 0.3) is 0 Å². The molecule has 112 valence electrons. The van der Waals surface area contributed by atoms with Crippen molar-refractivity contribution < 1.29 is 4.74 Å². The summed E-state index contributed by atoms with van der Waals surface area (Å²) in [5.74, 6) is 0. The standard InChI is InChI=1S/C17H22N2OS/c1-12-5-3-4-6-13(12)9-17-19-15(11-20-2)16(21-17)10-18-14-7-8-14/h3-6,14,18H,7-11H2,1-2H3. The minimum Gasteiger partial charge on any atom is -0.378 e. The Kier molecular flexibility index (Phi) is 4.68. The second-order valence-corrected chi connectivity index (χ2v) is 6.84. The van der Waals surface area contributed by atoms with Crippen LogP contribution >= 0.6 is 11.3 Å². The smallest absolute Gasteiger partial charge is 0.0976 e. The molecule has 1 aliphatic carbocycles. The summed E-state index contributed by atoms with van der Waals surface area (Å²) in [4.78, 5) is 6.11. The lowest BCUT2D eigenvalue weighted by molar-refractivity contribution is 0.181. The molecule has 0 saturated heterocycles. The van der Waals surface area contributed by atoms with Crippen molar-refractivity contribution in [3.63, 3.8) is 0 Å². The van der Waals surface area contributed by atoms with Crippen LogP contribution in [0, 0.1) is 6.92 Å². The third-order valence-corrected chi connectivity index (χ3v) is 4.93. The van der Waals surface area contributed by atoms with Crippen molar-refractivity contribution in [1.29, 1.82) is 0 Å². The van der Waals surface area contributed by atoms with E-state index in [0.717, 1.165) is 24.7 Å². The first-order chi connectivity index (χ1) is 10.3. The molecule has 2 aromatic rings. The lowest BCUT2D eigenvalue weighted by Gasteiger charge is -2.02. The molecule has 4 heteroatoms. The van der Waals surface area contributed by atoms with Gasteiger partial charge in [-0.25, -0.2) is 4.98 Å². The quantitative estimate of drug-likeness (QED) is 0.850. The molecule has 1 heterocycles. The SMILES string of the molecule is COCc1nc(Cc2ccccc2C)sc1CNC1CC1. The van der Waals surface area contributed by atoms with Crippen LogP contribution in [0.15, 0.2) is 24.3 Å².